The molecule has 0 bridgehead atoms. The maximum atomic E-state index is 13.1. The van der Waals surface area contributed by atoms with Gasteiger partial charge in [-0.1, -0.05) is 13.0 Å². The van der Waals surface area contributed by atoms with Crippen LogP contribution in [0.4, 0.5) is 11.4 Å². The number of hydrogen-bond acceptors (Lipinski definition) is 5. The predicted molar refractivity (Wildman–Crippen MR) is 112 cm³/mol. The molecule has 0 aliphatic carbocycles. The minimum absolute atomic E-state index is 0.0266. The van der Waals surface area contributed by atoms with Crippen molar-refractivity contribution >= 4 is 43.2 Å². The van der Waals surface area contributed by atoms with Gasteiger partial charge < -0.3 is 5.32 Å². The monoisotopic (exact) mass is 481 g/mol. The quantitative estimate of drug-likeness (QED) is 0.511. The average molecular weight is 482 g/mol. The van der Waals surface area contributed by atoms with Crippen LogP contribution in [0, 0.1) is 16.0 Å². The lowest BCUT2D eigenvalue weighted by Gasteiger charge is -2.29. The molecule has 8 nitrogen and oxygen atoms in total. The van der Waals surface area contributed by atoms with E-state index in [2.05, 4.69) is 28.2 Å². The summed E-state index contributed by atoms with van der Waals surface area (Å²) in [5.74, 6) is -0.0707. The van der Waals surface area contributed by atoms with Crippen LogP contribution in [-0.2, 0) is 10.0 Å². The molecule has 2 aromatic rings. The Balaban J connectivity index is 1.86. The number of non-ortho nitro benzene ring substituents is 1. The van der Waals surface area contributed by atoms with Crippen molar-refractivity contribution in [2.45, 2.75) is 24.7 Å². The van der Waals surface area contributed by atoms with E-state index in [4.69, 9.17) is 0 Å². The first-order chi connectivity index (χ1) is 13.7. The highest BCUT2D eigenvalue weighted by Crippen LogP contribution is 2.29. The molecule has 1 saturated heterocycles. The zero-order valence-electron chi connectivity index (χ0n) is 15.7. The van der Waals surface area contributed by atoms with Crippen molar-refractivity contribution < 1.29 is 18.1 Å². The largest absolute Gasteiger partial charge is 0.322 e. The summed E-state index contributed by atoms with van der Waals surface area (Å²) < 4.78 is 27.9. The molecule has 2 aromatic carbocycles. The Hall–Kier alpha value is -2.30. The number of piperidine rings is 1. The van der Waals surface area contributed by atoms with Gasteiger partial charge in [0.05, 0.1) is 9.82 Å². The van der Waals surface area contributed by atoms with Crippen LogP contribution in [0.15, 0.2) is 51.8 Å². The Labute approximate surface area is 177 Å². The molecule has 3 rings (SSSR count). The van der Waals surface area contributed by atoms with Gasteiger partial charge in [-0.25, -0.2) is 8.42 Å². The van der Waals surface area contributed by atoms with Crippen molar-refractivity contribution in [1.82, 2.24) is 4.31 Å². The number of halogens is 1. The number of benzene rings is 2. The second-order valence-electron chi connectivity index (χ2n) is 6.99. The molecule has 0 atom stereocenters. The summed E-state index contributed by atoms with van der Waals surface area (Å²) in [6.07, 6.45) is 1.59. The SMILES string of the molecule is CC1CCN(S(=O)(=O)c2cc(C(=O)Nc3cccc([N+](=O)[O-])c3)ccc2Br)CC1. The molecule has 1 aliphatic rings. The van der Waals surface area contributed by atoms with Crippen molar-refractivity contribution in [3.8, 4) is 0 Å². The summed E-state index contributed by atoms with van der Waals surface area (Å²) in [6, 6.07) is 9.88. The molecule has 1 amide bonds. The number of amides is 1. The molecule has 0 aromatic heterocycles. The van der Waals surface area contributed by atoms with Crippen LogP contribution in [-0.4, -0.2) is 36.6 Å². The van der Waals surface area contributed by atoms with Crippen LogP contribution in [0.25, 0.3) is 0 Å². The number of nitro benzene ring substituents is 1. The smallest absolute Gasteiger partial charge is 0.271 e. The van der Waals surface area contributed by atoms with Crippen molar-refractivity contribution in [1.29, 1.82) is 0 Å². The van der Waals surface area contributed by atoms with E-state index in [9.17, 15) is 23.3 Å². The van der Waals surface area contributed by atoms with E-state index in [1.165, 1.54) is 46.8 Å². The third-order valence-corrected chi connectivity index (χ3v) is 7.76. The summed E-state index contributed by atoms with van der Waals surface area (Å²) >= 11 is 3.27. The standard InChI is InChI=1S/C19H20BrN3O5S/c1-13-7-9-22(10-8-13)29(27,28)18-11-14(5-6-17(18)20)19(24)21-15-3-2-4-16(12-15)23(25)26/h2-6,11-13H,7-10H2,1H3,(H,21,24). The van der Waals surface area contributed by atoms with E-state index in [0.717, 1.165) is 12.8 Å². The molecular formula is C19H20BrN3O5S. The highest BCUT2D eigenvalue weighted by atomic mass is 79.9. The summed E-state index contributed by atoms with van der Waals surface area (Å²) in [6.45, 7) is 2.98. The first kappa shape index (κ1) is 21.4. The number of nitrogens with one attached hydrogen (secondary N) is 1. The Morgan fingerprint density at radius 2 is 1.90 bits per heavy atom. The lowest BCUT2D eigenvalue weighted by Crippen LogP contribution is -2.38. The van der Waals surface area contributed by atoms with Gasteiger partial charge in [0.1, 0.15) is 0 Å². The fraction of sp³-hybridized carbons (Fsp3) is 0.316. The number of nitrogens with zero attached hydrogens (tertiary/aromatic N) is 2. The molecule has 1 N–H and O–H groups in total. The Kier molecular flexibility index (Phi) is 6.35. The molecule has 10 heteroatoms. The Morgan fingerprint density at radius 3 is 2.55 bits per heavy atom. The molecule has 1 fully saturated rings. The maximum Gasteiger partial charge on any atom is 0.271 e. The third-order valence-electron chi connectivity index (χ3n) is 4.87. The van der Waals surface area contributed by atoms with Gasteiger partial charge in [0, 0.05) is 40.9 Å². The van der Waals surface area contributed by atoms with Gasteiger partial charge >= 0.3 is 0 Å². The zero-order chi connectivity index (χ0) is 21.2. The maximum absolute atomic E-state index is 13.1. The molecule has 0 radical (unpaired) electrons. The Bertz CT molecular complexity index is 1050. The summed E-state index contributed by atoms with van der Waals surface area (Å²) in [5, 5.41) is 13.5. The van der Waals surface area contributed by atoms with E-state index < -0.39 is 20.9 Å². The molecule has 29 heavy (non-hydrogen) atoms. The third kappa shape index (κ3) is 4.82. The average Bonchev–Trinajstić information content (AvgIpc) is 2.68. The van der Waals surface area contributed by atoms with Crippen LogP contribution in [0.2, 0.25) is 0 Å². The van der Waals surface area contributed by atoms with Gasteiger partial charge in [-0.05, 0) is 59.0 Å². The van der Waals surface area contributed by atoms with E-state index >= 15 is 0 Å². The van der Waals surface area contributed by atoms with Gasteiger partial charge in [0.25, 0.3) is 11.6 Å². The van der Waals surface area contributed by atoms with Crippen molar-refractivity contribution in [3.63, 3.8) is 0 Å². The second kappa shape index (κ2) is 8.60. The van der Waals surface area contributed by atoms with E-state index in [1.807, 2.05) is 0 Å². The van der Waals surface area contributed by atoms with Crippen LogP contribution in [0.1, 0.15) is 30.1 Å². The van der Waals surface area contributed by atoms with Crippen LogP contribution in [0.3, 0.4) is 0 Å². The Morgan fingerprint density at radius 1 is 1.21 bits per heavy atom. The van der Waals surface area contributed by atoms with Gasteiger partial charge in [0.2, 0.25) is 10.0 Å². The first-order valence-corrected chi connectivity index (χ1v) is 11.3. The number of anilines is 1. The lowest BCUT2D eigenvalue weighted by molar-refractivity contribution is -0.384. The number of nitro groups is 1. The van der Waals surface area contributed by atoms with Crippen LogP contribution < -0.4 is 5.32 Å². The minimum Gasteiger partial charge on any atom is -0.322 e. The number of carbonyl (C=O) groups excluding carboxylic acids is 1. The van der Waals surface area contributed by atoms with Crippen LogP contribution >= 0.6 is 15.9 Å². The summed E-state index contributed by atoms with van der Waals surface area (Å²) in [4.78, 5) is 23.0. The fourth-order valence-corrected chi connectivity index (χ4v) is 5.53. The molecule has 0 saturated carbocycles. The zero-order valence-corrected chi connectivity index (χ0v) is 18.1. The molecule has 1 aliphatic heterocycles. The van der Waals surface area contributed by atoms with Gasteiger partial charge in [-0.15, -0.1) is 0 Å². The van der Waals surface area contributed by atoms with Crippen molar-refractivity contribution in [2.24, 2.45) is 5.92 Å². The highest BCUT2D eigenvalue weighted by Gasteiger charge is 2.30. The summed E-state index contributed by atoms with van der Waals surface area (Å²) in [7, 11) is -3.75. The number of rotatable bonds is 5. The van der Waals surface area contributed by atoms with E-state index in [-0.39, 0.29) is 21.8 Å². The molecule has 0 unspecified atom stereocenters. The summed E-state index contributed by atoms with van der Waals surface area (Å²) in [5.41, 5.74) is 0.242. The number of carbonyl (C=O) groups is 1. The number of sulfonamides is 1. The first-order valence-electron chi connectivity index (χ1n) is 9.04. The second-order valence-corrected chi connectivity index (χ2v) is 9.75. The normalized spacial score (nSPS) is 15.8. The van der Waals surface area contributed by atoms with Crippen LogP contribution in [0.5, 0.6) is 0 Å². The predicted octanol–water partition coefficient (Wildman–Crippen LogP) is 4.03. The molecule has 154 valence electrons. The lowest BCUT2D eigenvalue weighted by atomic mass is 10.0. The topological polar surface area (TPSA) is 110 Å². The van der Waals surface area contributed by atoms with Crippen molar-refractivity contribution in [3.05, 3.63) is 62.6 Å². The fourth-order valence-electron chi connectivity index (χ4n) is 3.11. The molecule has 0 spiro atoms. The van der Waals surface area contributed by atoms with Gasteiger partial charge in [0.15, 0.2) is 0 Å². The highest BCUT2D eigenvalue weighted by molar-refractivity contribution is 9.10. The molecule has 1 heterocycles. The van der Waals surface area contributed by atoms with Crippen molar-refractivity contribution in [2.75, 3.05) is 18.4 Å². The number of hydrogen-bond donors (Lipinski definition) is 1. The van der Waals surface area contributed by atoms with Gasteiger partial charge in [-0.3, -0.25) is 14.9 Å². The van der Waals surface area contributed by atoms with Gasteiger partial charge in [-0.2, -0.15) is 4.31 Å². The minimum atomic E-state index is -3.75. The van der Waals surface area contributed by atoms with E-state index in [0.29, 0.717) is 23.5 Å². The van der Waals surface area contributed by atoms with E-state index in [1.54, 1.807) is 0 Å². The molecular weight excluding hydrogens is 462 g/mol.